The topological polar surface area (TPSA) is 64.6 Å². The van der Waals surface area contributed by atoms with Crippen LogP contribution in [0.2, 0.25) is 0 Å². The van der Waals surface area contributed by atoms with Crippen LogP contribution in [-0.4, -0.2) is 29.8 Å². The fourth-order valence-electron chi connectivity index (χ4n) is 3.10. The summed E-state index contributed by atoms with van der Waals surface area (Å²) in [6, 6.07) is 16.4. The smallest absolute Gasteiger partial charge is 0.408 e. The normalized spacial score (nSPS) is 13.1. The molecule has 2 aromatic carbocycles. The first-order valence-electron chi connectivity index (χ1n) is 10.6. The summed E-state index contributed by atoms with van der Waals surface area (Å²) >= 11 is 0. The van der Waals surface area contributed by atoms with Crippen molar-refractivity contribution in [1.29, 1.82) is 0 Å². The van der Waals surface area contributed by atoms with E-state index >= 15 is 0 Å². The van der Waals surface area contributed by atoms with Crippen molar-refractivity contribution in [2.45, 2.75) is 58.6 Å². The second-order valence-corrected chi connectivity index (χ2v) is 8.70. The van der Waals surface area contributed by atoms with Gasteiger partial charge >= 0.3 is 12.1 Å². The van der Waals surface area contributed by atoms with Crippen molar-refractivity contribution in [3.63, 3.8) is 0 Å². The molecule has 0 fully saturated rings. The molecule has 31 heavy (non-hydrogen) atoms. The lowest BCUT2D eigenvalue weighted by atomic mass is 9.92. The van der Waals surface area contributed by atoms with Gasteiger partial charge in [-0.25, -0.2) is 9.59 Å². The summed E-state index contributed by atoms with van der Waals surface area (Å²) in [5, 5.41) is 2.71. The molecule has 5 nitrogen and oxygen atoms in total. The Morgan fingerprint density at radius 2 is 1.52 bits per heavy atom. The molecular weight excluding hydrogens is 390 g/mol. The second-order valence-electron chi connectivity index (χ2n) is 8.70. The first kappa shape index (κ1) is 24.2. The first-order valence-corrected chi connectivity index (χ1v) is 10.6. The Balaban J connectivity index is 2.09. The summed E-state index contributed by atoms with van der Waals surface area (Å²) in [6.45, 7) is 12.8. The van der Waals surface area contributed by atoms with Crippen LogP contribution in [0.25, 0.3) is 17.2 Å². The summed E-state index contributed by atoms with van der Waals surface area (Å²) in [5.41, 5.74) is 2.54. The molecule has 2 rings (SSSR count). The van der Waals surface area contributed by atoms with Gasteiger partial charge in [-0.15, -0.1) is 0 Å². The van der Waals surface area contributed by atoms with Gasteiger partial charge in [0.25, 0.3) is 0 Å². The van der Waals surface area contributed by atoms with E-state index in [4.69, 9.17) is 9.47 Å². The minimum atomic E-state index is -1.18. The molecule has 0 saturated heterocycles. The van der Waals surface area contributed by atoms with E-state index in [1.807, 2.05) is 30.3 Å². The van der Waals surface area contributed by atoms with E-state index in [-0.39, 0.29) is 6.61 Å². The van der Waals surface area contributed by atoms with E-state index < -0.39 is 23.2 Å². The van der Waals surface area contributed by atoms with E-state index in [9.17, 15) is 9.59 Å². The summed E-state index contributed by atoms with van der Waals surface area (Å²) in [6.07, 6.45) is 2.17. The number of alkyl carbamates (subject to hydrolysis) is 1. The molecule has 1 N–H and O–H groups in total. The fraction of sp³-hybridized carbons (Fsp3) is 0.385. The number of hydrogen-bond donors (Lipinski definition) is 1. The lowest BCUT2D eigenvalue weighted by Crippen LogP contribution is -2.54. The number of nitrogens with one attached hydrogen (secondary N) is 1. The molecule has 0 spiro atoms. The van der Waals surface area contributed by atoms with Crippen molar-refractivity contribution < 1.29 is 19.1 Å². The highest BCUT2D eigenvalue weighted by molar-refractivity contribution is 5.85. The predicted octanol–water partition coefficient (Wildman–Crippen LogP) is 5.78. The van der Waals surface area contributed by atoms with Gasteiger partial charge in [0.1, 0.15) is 11.1 Å². The van der Waals surface area contributed by atoms with Crippen LogP contribution in [-0.2, 0) is 20.7 Å². The molecule has 2 aromatic rings. The van der Waals surface area contributed by atoms with Crippen molar-refractivity contribution in [3.05, 3.63) is 66.2 Å². The second kappa shape index (κ2) is 10.3. The van der Waals surface area contributed by atoms with Crippen LogP contribution in [0.3, 0.4) is 0 Å². The SMILES string of the molecule is C=Cc1ccc(-c2ccc(CC[C@@](C)(NC(=O)OC(C)(C)C)C(=O)OCC)cc2)cc1. The van der Waals surface area contributed by atoms with Crippen molar-refractivity contribution >= 4 is 18.1 Å². The van der Waals surface area contributed by atoms with Gasteiger partial charge in [0, 0.05) is 0 Å². The van der Waals surface area contributed by atoms with Gasteiger partial charge in [0.15, 0.2) is 0 Å². The molecule has 0 saturated carbocycles. The maximum absolute atomic E-state index is 12.6. The van der Waals surface area contributed by atoms with Gasteiger partial charge in [0.2, 0.25) is 0 Å². The van der Waals surface area contributed by atoms with E-state index in [0.29, 0.717) is 12.8 Å². The summed E-state index contributed by atoms with van der Waals surface area (Å²) in [5.74, 6) is -0.472. The standard InChI is InChI=1S/C26H33NO4/c1-7-19-9-13-21(14-10-19)22-15-11-20(12-16-22)17-18-26(6,23(28)30-8-2)27-24(29)31-25(3,4)5/h7,9-16H,1,8,17-18H2,2-6H3,(H,27,29)/t26-/m1/s1. The first-order chi connectivity index (χ1) is 14.6. The van der Waals surface area contributed by atoms with Gasteiger partial charge in [-0.2, -0.15) is 0 Å². The Morgan fingerprint density at radius 1 is 0.968 bits per heavy atom. The average molecular weight is 424 g/mol. The van der Waals surface area contributed by atoms with Gasteiger partial charge in [-0.3, -0.25) is 0 Å². The van der Waals surface area contributed by atoms with E-state index in [1.165, 1.54) is 0 Å². The molecule has 166 valence electrons. The fourth-order valence-corrected chi connectivity index (χ4v) is 3.10. The summed E-state index contributed by atoms with van der Waals surface area (Å²) in [7, 11) is 0. The van der Waals surface area contributed by atoms with Crippen molar-refractivity contribution in [2.75, 3.05) is 6.61 Å². The minimum absolute atomic E-state index is 0.240. The number of hydrogen-bond acceptors (Lipinski definition) is 4. The van der Waals surface area contributed by atoms with Gasteiger partial charge in [0.05, 0.1) is 6.61 Å². The number of ether oxygens (including phenoxy) is 2. The van der Waals surface area contributed by atoms with E-state index in [2.05, 4.69) is 36.2 Å². The van der Waals surface area contributed by atoms with Crippen molar-refractivity contribution in [1.82, 2.24) is 5.32 Å². The molecule has 0 aliphatic rings. The molecule has 0 heterocycles. The number of carbonyl (C=O) groups excluding carboxylic acids is 2. The van der Waals surface area contributed by atoms with Crippen LogP contribution >= 0.6 is 0 Å². The third kappa shape index (κ3) is 7.28. The molecule has 5 heteroatoms. The molecule has 0 bridgehead atoms. The van der Waals surface area contributed by atoms with Crippen LogP contribution in [0.5, 0.6) is 0 Å². The third-order valence-corrected chi connectivity index (χ3v) is 4.85. The minimum Gasteiger partial charge on any atom is -0.464 e. The number of benzene rings is 2. The third-order valence-electron chi connectivity index (χ3n) is 4.85. The Labute approximate surface area is 185 Å². The van der Waals surface area contributed by atoms with Gasteiger partial charge in [-0.05, 0) is 69.7 Å². The lowest BCUT2D eigenvalue weighted by Gasteiger charge is -2.30. The maximum Gasteiger partial charge on any atom is 0.408 e. The molecule has 0 aliphatic heterocycles. The molecule has 1 amide bonds. The highest BCUT2D eigenvalue weighted by Crippen LogP contribution is 2.23. The number of aryl methyl sites for hydroxylation is 1. The molecule has 0 aliphatic carbocycles. The zero-order valence-corrected chi connectivity index (χ0v) is 19.2. The predicted molar refractivity (Wildman–Crippen MR) is 125 cm³/mol. The van der Waals surface area contributed by atoms with Crippen LogP contribution in [0.15, 0.2) is 55.1 Å². The number of amides is 1. The zero-order chi connectivity index (χ0) is 23.1. The number of carbonyl (C=O) groups is 2. The molecule has 0 radical (unpaired) electrons. The highest BCUT2D eigenvalue weighted by atomic mass is 16.6. The van der Waals surface area contributed by atoms with Crippen molar-refractivity contribution in [3.8, 4) is 11.1 Å². The largest absolute Gasteiger partial charge is 0.464 e. The molecule has 0 unspecified atom stereocenters. The van der Waals surface area contributed by atoms with Gasteiger partial charge < -0.3 is 14.8 Å². The van der Waals surface area contributed by atoms with E-state index in [0.717, 1.165) is 22.3 Å². The highest BCUT2D eigenvalue weighted by Gasteiger charge is 2.37. The summed E-state index contributed by atoms with van der Waals surface area (Å²) < 4.78 is 10.5. The Kier molecular flexibility index (Phi) is 8.03. The number of rotatable bonds is 8. The summed E-state index contributed by atoms with van der Waals surface area (Å²) in [4.78, 5) is 24.9. The quantitative estimate of drug-likeness (QED) is 0.547. The Morgan fingerprint density at radius 3 is 2.00 bits per heavy atom. The zero-order valence-electron chi connectivity index (χ0n) is 19.2. The van der Waals surface area contributed by atoms with Gasteiger partial charge in [-0.1, -0.05) is 61.2 Å². The average Bonchev–Trinajstić information content (AvgIpc) is 2.71. The van der Waals surface area contributed by atoms with Crippen LogP contribution < -0.4 is 5.32 Å². The van der Waals surface area contributed by atoms with Crippen LogP contribution in [0, 0.1) is 0 Å². The maximum atomic E-state index is 12.6. The van der Waals surface area contributed by atoms with Crippen LogP contribution in [0.4, 0.5) is 4.79 Å². The van der Waals surface area contributed by atoms with Crippen LogP contribution in [0.1, 0.15) is 52.2 Å². The van der Waals surface area contributed by atoms with E-state index in [1.54, 1.807) is 34.6 Å². The monoisotopic (exact) mass is 423 g/mol. The molecule has 1 atom stereocenters. The Bertz CT molecular complexity index is 894. The number of esters is 1. The molecule has 0 aromatic heterocycles. The Hall–Kier alpha value is -3.08. The van der Waals surface area contributed by atoms with Crippen molar-refractivity contribution in [2.24, 2.45) is 0 Å². The lowest BCUT2D eigenvalue weighted by molar-refractivity contribution is -0.150. The molecular formula is C26H33NO4.